The van der Waals surface area contributed by atoms with Crippen LogP contribution in [-0.2, 0) is 15.0 Å². The second-order valence-corrected chi connectivity index (χ2v) is 9.29. The van der Waals surface area contributed by atoms with E-state index in [1.165, 1.54) is 0 Å². The van der Waals surface area contributed by atoms with Crippen molar-refractivity contribution in [3.05, 3.63) is 95.7 Å². The lowest BCUT2D eigenvalue weighted by atomic mass is 9.72. The van der Waals surface area contributed by atoms with Gasteiger partial charge in [0.2, 0.25) is 17.7 Å². The molecular weight excluding hydrogens is 466 g/mol. The second-order valence-electron chi connectivity index (χ2n) is 9.29. The molecule has 1 unspecified atom stereocenters. The predicted molar refractivity (Wildman–Crippen MR) is 141 cm³/mol. The largest absolute Gasteiger partial charge is 0.436 e. The molecular formula is C30H27N3O4. The number of nitrogens with zero attached hydrogens (tertiary/aromatic N) is 1. The monoisotopic (exact) mass is 493 g/mol. The first-order chi connectivity index (χ1) is 17.9. The van der Waals surface area contributed by atoms with Crippen molar-refractivity contribution in [1.82, 2.24) is 10.3 Å². The highest BCUT2D eigenvalue weighted by Crippen LogP contribution is 2.36. The van der Waals surface area contributed by atoms with Gasteiger partial charge in [-0.25, -0.2) is 4.98 Å². The van der Waals surface area contributed by atoms with Crippen molar-refractivity contribution in [2.75, 3.05) is 5.32 Å². The summed E-state index contributed by atoms with van der Waals surface area (Å²) in [5.41, 5.74) is 3.75. The van der Waals surface area contributed by atoms with Crippen LogP contribution in [0.25, 0.3) is 22.8 Å². The van der Waals surface area contributed by atoms with E-state index in [1.807, 2.05) is 56.3 Å². The van der Waals surface area contributed by atoms with E-state index in [9.17, 15) is 14.4 Å². The maximum atomic E-state index is 13.2. The first-order valence-corrected chi connectivity index (χ1v) is 12.3. The van der Waals surface area contributed by atoms with E-state index in [-0.39, 0.29) is 17.7 Å². The molecule has 186 valence electrons. The number of hydrogen-bond donors (Lipinski definition) is 2. The molecule has 37 heavy (non-hydrogen) atoms. The molecule has 1 atom stereocenters. The quantitative estimate of drug-likeness (QED) is 0.338. The normalized spacial score (nSPS) is 17.4. The third-order valence-electron chi connectivity index (χ3n) is 7.01. The Morgan fingerprint density at radius 3 is 2.46 bits per heavy atom. The van der Waals surface area contributed by atoms with Crippen molar-refractivity contribution in [2.24, 2.45) is 0 Å². The van der Waals surface area contributed by atoms with E-state index in [2.05, 4.69) is 15.6 Å². The minimum absolute atomic E-state index is 0.242. The van der Waals surface area contributed by atoms with E-state index in [4.69, 9.17) is 4.42 Å². The number of carbonyl (C=O) groups excluding carboxylic acids is 3. The number of amides is 3. The van der Waals surface area contributed by atoms with Crippen LogP contribution in [0.4, 0.5) is 5.69 Å². The molecule has 1 aliphatic rings. The van der Waals surface area contributed by atoms with Gasteiger partial charge < -0.3 is 9.73 Å². The van der Waals surface area contributed by atoms with Gasteiger partial charge in [0.1, 0.15) is 0 Å². The Balaban J connectivity index is 1.36. The number of anilines is 1. The zero-order valence-corrected chi connectivity index (χ0v) is 20.7. The fourth-order valence-electron chi connectivity index (χ4n) is 4.75. The minimum atomic E-state index is -0.747. The summed E-state index contributed by atoms with van der Waals surface area (Å²) >= 11 is 0. The van der Waals surface area contributed by atoms with Crippen LogP contribution >= 0.6 is 0 Å². The summed E-state index contributed by atoms with van der Waals surface area (Å²) in [6.07, 6.45) is 3.01. The van der Waals surface area contributed by atoms with E-state index < -0.39 is 5.41 Å². The van der Waals surface area contributed by atoms with Gasteiger partial charge in [-0.2, -0.15) is 0 Å². The number of aromatic nitrogens is 1. The smallest absolute Gasteiger partial charge is 0.256 e. The van der Waals surface area contributed by atoms with E-state index >= 15 is 0 Å². The second kappa shape index (κ2) is 9.85. The molecule has 1 aromatic heterocycles. The van der Waals surface area contributed by atoms with Crippen molar-refractivity contribution in [1.29, 1.82) is 0 Å². The number of oxazole rings is 1. The van der Waals surface area contributed by atoms with Crippen molar-refractivity contribution in [3.8, 4) is 22.8 Å². The molecule has 5 rings (SSSR count). The standard InChI is InChI=1S/C30H27N3O4/c1-3-30(17-16-26(34)33-29(30)36)21-12-14-22(15-13-21)32-27(35)23-6-4-5-7-24(23)28-31-18-25(37-28)20-10-8-19(2)9-11-20/h4-15,18H,3,16-17H2,1-2H3,(H,32,35)(H,33,34,36). The maximum Gasteiger partial charge on any atom is 0.256 e. The number of nitrogens with one attached hydrogen (secondary N) is 2. The van der Waals surface area contributed by atoms with Crippen molar-refractivity contribution >= 4 is 23.4 Å². The molecule has 1 saturated heterocycles. The number of hydrogen-bond acceptors (Lipinski definition) is 5. The van der Waals surface area contributed by atoms with Crippen LogP contribution in [0.5, 0.6) is 0 Å². The number of carbonyl (C=O) groups is 3. The highest BCUT2D eigenvalue weighted by Gasteiger charge is 2.42. The van der Waals surface area contributed by atoms with Crippen LogP contribution in [0.1, 0.15) is 47.7 Å². The maximum absolute atomic E-state index is 13.2. The van der Waals surface area contributed by atoms with E-state index in [0.29, 0.717) is 47.7 Å². The molecule has 2 N–H and O–H groups in total. The molecule has 0 aliphatic carbocycles. The Kier molecular flexibility index (Phi) is 6.44. The summed E-state index contributed by atoms with van der Waals surface area (Å²) in [6, 6.07) is 22.3. The van der Waals surface area contributed by atoms with Gasteiger partial charge in [0.05, 0.1) is 17.2 Å². The molecule has 3 amide bonds. The summed E-state index contributed by atoms with van der Waals surface area (Å²) in [4.78, 5) is 42.0. The Bertz CT molecular complexity index is 1470. The summed E-state index contributed by atoms with van der Waals surface area (Å²) in [7, 11) is 0. The van der Waals surface area contributed by atoms with Gasteiger partial charge in [-0.05, 0) is 49.6 Å². The Morgan fingerprint density at radius 2 is 1.76 bits per heavy atom. The third kappa shape index (κ3) is 4.68. The summed E-state index contributed by atoms with van der Waals surface area (Å²) in [5.74, 6) is 0.171. The van der Waals surface area contributed by atoms with Crippen molar-refractivity contribution in [3.63, 3.8) is 0 Å². The molecule has 2 heterocycles. The lowest BCUT2D eigenvalue weighted by Gasteiger charge is -2.35. The molecule has 0 spiro atoms. The first-order valence-electron chi connectivity index (χ1n) is 12.3. The number of piperidine rings is 1. The third-order valence-corrected chi connectivity index (χ3v) is 7.01. The average molecular weight is 494 g/mol. The molecule has 0 radical (unpaired) electrons. The lowest BCUT2D eigenvalue weighted by molar-refractivity contribution is -0.138. The molecule has 0 bridgehead atoms. The Hall–Kier alpha value is -4.52. The molecule has 1 aliphatic heterocycles. The van der Waals surface area contributed by atoms with E-state index in [1.54, 1.807) is 36.5 Å². The number of imide groups is 1. The van der Waals surface area contributed by atoms with Gasteiger partial charge in [0, 0.05) is 23.2 Å². The molecule has 4 aromatic rings. The topological polar surface area (TPSA) is 101 Å². The molecule has 3 aromatic carbocycles. The molecule has 0 saturated carbocycles. The van der Waals surface area contributed by atoms with Gasteiger partial charge in [-0.15, -0.1) is 0 Å². The molecule has 7 nitrogen and oxygen atoms in total. The first kappa shape index (κ1) is 24.2. The van der Waals surface area contributed by atoms with Crippen LogP contribution in [0.2, 0.25) is 0 Å². The van der Waals surface area contributed by atoms with Gasteiger partial charge >= 0.3 is 0 Å². The van der Waals surface area contributed by atoms with Gasteiger partial charge in [-0.1, -0.05) is 61.0 Å². The fourth-order valence-corrected chi connectivity index (χ4v) is 4.75. The summed E-state index contributed by atoms with van der Waals surface area (Å²) in [6.45, 7) is 3.96. The zero-order chi connectivity index (χ0) is 26.0. The number of aryl methyl sites for hydroxylation is 1. The van der Waals surface area contributed by atoms with Crippen LogP contribution in [0.3, 0.4) is 0 Å². The van der Waals surface area contributed by atoms with Crippen LogP contribution in [0, 0.1) is 6.92 Å². The Labute approximate surface area is 214 Å². The lowest BCUT2D eigenvalue weighted by Crippen LogP contribution is -2.51. The van der Waals surface area contributed by atoms with Crippen molar-refractivity contribution < 1.29 is 18.8 Å². The van der Waals surface area contributed by atoms with Gasteiger partial charge in [-0.3, -0.25) is 19.7 Å². The van der Waals surface area contributed by atoms with E-state index in [0.717, 1.165) is 16.7 Å². The number of benzene rings is 3. The van der Waals surface area contributed by atoms with Crippen LogP contribution in [0.15, 0.2) is 83.4 Å². The predicted octanol–water partition coefficient (Wildman–Crippen LogP) is 5.65. The summed E-state index contributed by atoms with van der Waals surface area (Å²) < 4.78 is 6.01. The molecule has 1 fully saturated rings. The Morgan fingerprint density at radius 1 is 1.03 bits per heavy atom. The minimum Gasteiger partial charge on any atom is -0.436 e. The van der Waals surface area contributed by atoms with Crippen LogP contribution in [-0.4, -0.2) is 22.7 Å². The fraction of sp³-hybridized carbons (Fsp3) is 0.200. The zero-order valence-electron chi connectivity index (χ0n) is 20.7. The van der Waals surface area contributed by atoms with Gasteiger partial charge in [0.15, 0.2) is 5.76 Å². The highest BCUT2D eigenvalue weighted by molar-refractivity contribution is 6.08. The average Bonchev–Trinajstić information content (AvgIpc) is 3.40. The summed E-state index contributed by atoms with van der Waals surface area (Å²) in [5, 5.41) is 5.39. The highest BCUT2D eigenvalue weighted by atomic mass is 16.4. The van der Waals surface area contributed by atoms with Crippen LogP contribution < -0.4 is 10.6 Å². The number of rotatable bonds is 6. The van der Waals surface area contributed by atoms with Crippen molar-refractivity contribution in [2.45, 2.75) is 38.5 Å². The molecule has 7 heteroatoms. The van der Waals surface area contributed by atoms with Gasteiger partial charge in [0.25, 0.3) is 5.91 Å². The SMILES string of the molecule is CCC1(c2ccc(NC(=O)c3ccccc3-c3ncc(-c4ccc(C)cc4)o3)cc2)CCC(=O)NC1=O.